The van der Waals surface area contributed by atoms with Crippen molar-refractivity contribution in [1.29, 1.82) is 0 Å². The minimum atomic E-state index is 0. The van der Waals surface area contributed by atoms with E-state index in [0.29, 0.717) is 12.6 Å². The van der Waals surface area contributed by atoms with Crippen LogP contribution in [-0.4, -0.2) is 6.04 Å². The summed E-state index contributed by atoms with van der Waals surface area (Å²) in [6, 6.07) is 20.8. The maximum atomic E-state index is 6.24. The monoisotopic (exact) mass is 375 g/mol. The first-order chi connectivity index (χ1) is 11.6. The topological polar surface area (TPSA) is 21.3 Å². The molecule has 4 heteroatoms. The summed E-state index contributed by atoms with van der Waals surface area (Å²) >= 11 is 6.24. The van der Waals surface area contributed by atoms with Crippen molar-refractivity contribution in [2.45, 2.75) is 33.0 Å². The molecule has 1 N–H and O–H groups in total. The van der Waals surface area contributed by atoms with Crippen molar-refractivity contribution in [2.24, 2.45) is 0 Å². The highest BCUT2D eigenvalue weighted by molar-refractivity contribution is 6.31. The van der Waals surface area contributed by atoms with Gasteiger partial charge in [-0.2, -0.15) is 0 Å². The number of benzene rings is 3. The van der Waals surface area contributed by atoms with Crippen LogP contribution in [0.2, 0.25) is 5.02 Å². The van der Waals surface area contributed by atoms with Gasteiger partial charge in [0.25, 0.3) is 0 Å². The van der Waals surface area contributed by atoms with Crippen molar-refractivity contribution in [3.05, 3.63) is 76.8 Å². The van der Waals surface area contributed by atoms with Gasteiger partial charge in [0.1, 0.15) is 12.4 Å². The molecule has 0 amide bonds. The second kappa shape index (κ2) is 9.10. The molecule has 0 atom stereocenters. The molecule has 0 aliphatic carbocycles. The van der Waals surface area contributed by atoms with E-state index in [-0.39, 0.29) is 12.4 Å². The average molecular weight is 376 g/mol. The highest BCUT2D eigenvalue weighted by Crippen LogP contribution is 2.29. The smallest absolute Gasteiger partial charge is 0.124 e. The molecule has 0 saturated carbocycles. The largest absolute Gasteiger partial charge is 0.488 e. The molecule has 0 aromatic heterocycles. The molecule has 0 spiro atoms. The summed E-state index contributed by atoms with van der Waals surface area (Å²) in [4.78, 5) is 0. The van der Waals surface area contributed by atoms with E-state index in [9.17, 15) is 0 Å². The van der Waals surface area contributed by atoms with Gasteiger partial charge in [0.05, 0.1) is 0 Å². The normalized spacial score (nSPS) is 10.7. The van der Waals surface area contributed by atoms with Crippen molar-refractivity contribution < 1.29 is 4.74 Å². The second-order valence-electron chi connectivity index (χ2n) is 6.18. The van der Waals surface area contributed by atoms with Gasteiger partial charge in [-0.15, -0.1) is 12.4 Å². The summed E-state index contributed by atoms with van der Waals surface area (Å²) in [6.45, 7) is 5.54. The van der Waals surface area contributed by atoms with E-state index in [4.69, 9.17) is 16.3 Å². The SMILES string of the molecule is CC(C)NCc1c(OCc2ccccc2Cl)ccc2ccccc12.Cl. The zero-order valence-corrected chi connectivity index (χ0v) is 16.0. The Bertz CT molecular complexity index is 833. The van der Waals surface area contributed by atoms with Crippen molar-refractivity contribution in [1.82, 2.24) is 5.32 Å². The van der Waals surface area contributed by atoms with Crippen molar-refractivity contribution >= 4 is 34.8 Å². The third kappa shape index (κ3) is 4.88. The lowest BCUT2D eigenvalue weighted by Crippen LogP contribution is -2.22. The third-order valence-corrected chi connectivity index (χ3v) is 4.39. The Labute approximate surface area is 160 Å². The Hall–Kier alpha value is -1.74. The van der Waals surface area contributed by atoms with Gasteiger partial charge < -0.3 is 10.1 Å². The molecular formula is C21H23Cl2NO. The van der Waals surface area contributed by atoms with E-state index in [1.807, 2.05) is 24.3 Å². The van der Waals surface area contributed by atoms with Gasteiger partial charge in [0, 0.05) is 28.7 Å². The minimum Gasteiger partial charge on any atom is -0.488 e. The maximum Gasteiger partial charge on any atom is 0.124 e. The van der Waals surface area contributed by atoms with E-state index in [2.05, 4.69) is 55.6 Å². The fourth-order valence-electron chi connectivity index (χ4n) is 2.71. The summed E-state index contributed by atoms with van der Waals surface area (Å²) in [6.07, 6.45) is 0. The molecule has 0 aliphatic rings. The van der Waals surface area contributed by atoms with E-state index in [1.54, 1.807) is 0 Å². The van der Waals surface area contributed by atoms with E-state index in [0.717, 1.165) is 22.9 Å². The van der Waals surface area contributed by atoms with Gasteiger partial charge in [-0.05, 0) is 22.9 Å². The Morgan fingerprint density at radius 3 is 2.44 bits per heavy atom. The Morgan fingerprint density at radius 1 is 0.960 bits per heavy atom. The van der Waals surface area contributed by atoms with E-state index < -0.39 is 0 Å². The maximum absolute atomic E-state index is 6.24. The highest BCUT2D eigenvalue weighted by Gasteiger charge is 2.10. The quantitative estimate of drug-likeness (QED) is 0.570. The van der Waals surface area contributed by atoms with Gasteiger partial charge in [0.2, 0.25) is 0 Å². The van der Waals surface area contributed by atoms with E-state index >= 15 is 0 Å². The molecule has 0 heterocycles. The lowest BCUT2D eigenvalue weighted by molar-refractivity contribution is 0.302. The number of rotatable bonds is 6. The van der Waals surface area contributed by atoms with Crippen LogP contribution in [0.1, 0.15) is 25.0 Å². The molecule has 0 saturated heterocycles. The number of hydrogen-bond acceptors (Lipinski definition) is 2. The van der Waals surface area contributed by atoms with Gasteiger partial charge in [-0.3, -0.25) is 0 Å². The zero-order valence-electron chi connectivity index (χ0n) is 14.5. The highest BCUT2D eigenvalue weighted by atomic mass is 35.5. The van der Waals surface area contributed by atoms with Crippen molar-refractivity contribution in [2.75, 3.05) is 0 Å². The first-order valence-electron chi connectivity index (χ1n) is 8.25. The van der Waals surface area contributed by atoms with Crippen LogP contribution in [0.4, 0.5) is 0 Å². The second-order valence-corrected chi connectivity index (χ2v) is 6.59. The van der Waals surface area contributed by atoms with Gasteiger partial charge in [-0.1, -0.05) is 74.0 Å². The summed E-state index contributed by atoms with van der Waals surface area (Å²) in [7, 11) is 0. The van der Waals surface area contributed by atoms with Crippen LogP contribution in [0, 0.1) is 0 Å². The lowest BCUT2D eigenvalue weighted by Gasteiger charge is -2.16. The van der Waals surface area contributed by atoms with Crippen molar-refractivity contribution in [3.8, 4) is 5.75 Å². The predicted molar refractivity (Wildman–Crippen MR) is 109 cm³/mol. The minimum absolute atomic E-state index is 0. The fourth-order valence-corrected chi connectivity index (χ4v) is 2.90. The van der Waals surface area contributed by atoms with Crippen LogP contribution in [0.3, 0.4) is 0 Å². The van der Waals surface area contributed by atoms with Gasteiger partial charge in [-0.25, -0.2) is 0 Å². The molecule has 3 aromatic rings. The molecule has 3 rings (SSSR count). The molecule has 0 aliphatic heterocycles. The van der Waals surface area contributed by atoms with Crippen LogP contribution < -0.4 is 10.1 Å². The molecule has 132 valence electrons. The molecule has 0 unspecified atom stereocenters. The number of fused-ring (bicyclic) bond motifs is 1. The van der Waals surface area contributed by atoms with Crippen molar-refractivity contribution in [3.63, 3.8) is 0 Å². The number of hydrogen-bond donors (Lipinski definition) is 1. The summed E-state index contributed by atoms with van der Waals surface area (Å²) in [5, 5.41) is 6.68. The average Bonchev–Trinajstić information content (AvgIpc) is 2.59. The molecule has 0 bridgehead atoms. The summed E-state index contributed by atoms with van der Waals surface area (Å²) in [5.41, 5.74) is 2.18. The Kier molecular flexibility index (Phi) is 7.12. The number of ether oxygens (including phenoxy) is 1. The third-order valence-electron chi connectivity index (χ3n) is 4.03. The first-order valence-corrected chi connectivity index (χ1v) is 8.63. The van der Waals surface area contributed by atoms with Crippen LogP contribution in [0.15, 0.2) is 60.7 Å². The first kappa shape index (κ1) is 19.6. The van der Waals surface area contributed by atoms with Crippen LogP contribution in [0.25, 0.3) is 10.8 Å². The Morgan fingerprint density at radius 2 is 1.68 bits per heavy atom. The van der Waals surface area contributed by atoms with Crippen LogP contribution in [-0.2, 0) is 13.2 Å². The Balaban J connectivity index is 0.00000225. The summed E-state index contributed by atoms with van der Waals surface area (Å²) in [5.74, 6) is 0.904. The van der Waals surface area contributed by atoms with Gasteiger partial charge in [0.15, 0.2) is 0 Å². The van der Waals surface area contributed by atoms with Crippen LogP contribution >= 0.6 is 24.0 Å². The van der Waals surface area contributed by atoms with Crippen LogP contribution in [0.5, 0.6) is 5.75 Å². The molecular weight excluding hydrogens is 353 g/mol. The summed E-state index contributed by atoms with van der Waals surface area (Å²) < 4.78 is 6.12. The molecule has 3 aromatic carbocycles. The molecule has 0 fully saturated rings. The predicted octanol–water partition coefficient (Wildman–Crippen LogP) is 5.99. The lowest BCUT2D eigenvalue weighted by atomic mass is 10.0. The zero-order chi connectivity index (χ0) is 16.9. The fraction of sp³-hybridized carbons (Fsp3) is 0.238. The van der Waals surface area contributed by atoms with Gasteiger partial charge >= 0.3 is 0 Å². The number of halogens is 2. The molecule has 0 radical (unpaired) electrons. The molecule has 2 nitrogen and oxygen atoms in total. The van der Waals surface area contributed by atoms with E-state index in [1.165, 1.54) is 16.3 Å². The molecule has 25 heavy (non-hydrogen) atoms. The standard InChI is InChI=1S/C21H22ClNO.ClH/c1-15(2)23-13-19-18-9-5-3-7-16(18)11-12-21(19)24-14-17-8-4-6-10-20(17)22;/h3-12,15,23H,13-14H2,1-2H3;1H. The number of nitrogens with one attached hydrogen (secondary N) is 1.